The number of para-hydroxylation sites is 1. The van der Waals surface area contributed by atoms with Gasteiger partial charge in [0.2, 0.25) is 0 Å². The Labute approximate surface area is 144 Å². The molecule has 0 aliphatic heterocycles. The molecule has 1 heterocycles. The summed E-state index contributed by atoms with van der Waals surface area (Å²) in [7, 11) is 1.71. The van der Waals surface area contributed by atoms with Crippen LogP contribution in [0.3, 0.4) is 0 Å². The van der Waals surface area contributed by atoms with Gasteiger partial charge in [0.1, 0.15) is 12.3 Å². The van der Waals surface area contributed by atoms with Gasteiger partial charge in [0.15, 0.2) is 11.6 Å². The lowest BCUT2D eigenvalue weighted by molar-refractivity contribution is 0.0760. The summed E-state index contributed by atoms with van der Waals surface area (Å²) in [5.74, 6) is -0.303. The molecule has 4 nitrogen and oxygen atoms in total. The standard InChI is InChI=1S/C17H20BrFN2O2/c1-12(2)21-11-13(18)10-15(21)17(22)20(3)8-9-23-16-7-5-4-6-14(16)19/h4-7,10-12H,8-9H2,1-3H3. The number of benzene rings is 1. The molecule has 0 saturated heterocycles. The van der Waals surface area contributed by atoms with Crippen molar-refractivity contribution in [1.29, 1.82) is 0 Å². The Bertz CT molecular complexity index is 685. The Hall–Kier alpha value is -1.82. The summed E-state index contributed by atoms with van der Waals surface area (Å²) in [6.07, 6.45) is 1.89. The molecule has 0 aliphatic rings. The fraction of sp³-hybridized carbons (Fsp3) is 0.353. The zero-order valence-corrected chi connectivity index (χ0v) is 15.0. The molecule has 0 aliphatic carbocycles. The average molecular weight is 383 g/mol. The van der Waals surface area contributed by atoms with Gasteiger partial charge in [0, 0.05) is 23.8 Å². The zero-order chi connectivity index (χ0) is 17.0. The largest absolute Gasteiger partial charge is 0.489 e. The van der Waals surface area contributed by atoms with Crippen molar-refractivity contribution in [2.45, 2.75) is 19.9 Å². The maximum Gasteiger partial charge on any atom is 0.270 e. The maximum atomic E-state index is 13.5. The third-order valence-electron chi connectivity index (χ3n) is 3.46. The fourth-order valence-electron chi connectivity index (χ4n) is 2.20. The Morgan fingerprint density at radius 1 is 1.39 bits per heavy atom. The van der Waals surface area contributed by atoms with E-state index in [0.717, 1.165) is 4.47 Å². The third-order valence-corrected chi connectivity index (χ3v) is 3.89. The van der Waals surface area contributed by atoms with Crippen molar-refractivity contribution in [3.8, 4) is 5.75 Å². The van der Waals surface area contributed by atoms with Crippen LogP contribution in [0.5, 0.6) is 5.75 Å². The van der Waals surface area contributed by atoms with Crippen LogP contribution in [-0.2, 0) is 0 Å². The second-order valence-electron chi connectivity index (χ2n) is 5.55. The van der Waals surface area contributed by atoms with E-state index in [-0.39, 0.29) is 24.3 Å². The van der Waals surface area contributed by atoms with Crippen molar-refractivity contribution >= 4 is 21.8 Å². The van der Waals surface area contributed by atoms with E-state index in [2.05, 4.69) is 15.9 Å². The molecule has 2 aromatic rings. The van der Waals surface area contributed by atoms with Crippen LogP contribution in [0.2, 0.25) is 0 Å². The lowest BCUT2D eigenvalue weighted by atomic mass is 10.3. The third kappa shape index (κ3) is 4.34. The number of rotatable bonds is 6. The highest BCUT2D eigenvalue weighted by Gasteiger charge is 2.18. The molecule has 2 rings (SSSR count). The Morgan fingerprint density at radius 2 is 2.09 bits per heavy atom. The Kier molecular flexibility index (Phi) is 5.82. The Morgan fingerprint density at radius 3 is 2.74 bits per heavy atom. The highest BCUT2D eigenvalue weighted by Crippen LogP contribution is 2.20. The number of likely N-dealkylation sites (N-methyl/N-ethyl adjacent to an activating group) is 1. The van der Waals surface area contributed by atoms with Gasteiger partial charge in [-0.3, -0.25) is 4.79 Å². The monoisotopic (exact) mass is 382 g/mol. The molecule has 0 saturated carbocycles. The first-order chi connectivity index (χ1) is 10.9. The van der Waals surface area contributed by atoms with Crippen LogP contribution in [0.15, 0.2) is 41.0 Å². The smallest absolute Gasteiger partial charge is 0.270 e. The van der Waals surface area contributed by atoms with E-state index in [0.29, 0.717) is 12.2 Å². The number of ether oxygens (including phenoxy) is 1. The molecule has 1 aromatic carbocycles. The fourth-order valence-corrected chi connectivity index (χ4v) is 2.63. The first kappa shape index (κ1) is 17.5. The van der Waals surface area contributed by atoms with Crippen molar-refractivity contribution in [2.75, 3.05) is 20.2 Å². The van der Waals surface area contributed by atoms with Gasteiger partial charge in [-0.1, -0.05) is 12.1 Å². The summed E-state index contributed by atoms with van der Waals surface area (Å²) in [5, 5.41) is 0. The van der Waals surface area contributed by atoms with E-state index in [1.165, 1.54) is 6.07 Å². The lowest BCUT2D eigenvalue weighted by Crippen LogP contribution is -2.32. The topological polar surface area (TPSA) is 34.5 Å². The summed E-state index contributed by atoms with van der Waals surface area (Å²) in [6.45, 7) is 4.63. The lowest BCUT2D eigenvalue weighted by Gasteiger charge is -2.20. The van der Waals surface area contributed by atoms with Gasteiger partial charge in [-0.2, -0.15) is 0 Å². The molecule has 6 heteroatoms. The van der Waals surface area contributed by atoms with Gasteiger partial charge in [0.25, 0.3) is 5.91 Å². The predicted molar refractivity (Wildman–Crippen MR) is 91.4 cm³/mol. The van der Waals surface area contributed by atoms with E-state index in [9.17, 15) is 9.18 Å². The zero-order valence-electron chi connectivity index (χ0n) is 13.4. The average Bonchev–Trinajstić information content (AvgIpc) is 2.90. The summed E-state index contributed by atoms with van der Waals surface area (Å²) in [5.41, 5.74) is 0.611. The molecule has 0 radical (unpaired) electrons. The molecule has 1 aromatic heterocycles. The van der Waals surface area contributed by atoms with Crippen molar-refractivity contribution in [1.82, 2.24) is 9.47 Å². The van der Waals surface area contributed by atoms with Crippen LogP contribution in [-0.4, -0.2) is 35.6 Å². The van der Waals surface area contributed by atoms with E-state index in [4.69, 9.17) is 4.74 Å². The number of amides is 1. The Balaban J connectivity index is 1.97. The number of halogens is 2. The highest BCUT2D eigenvalue weighted by molar-refractivity contribution is 9.10. The van der Waals surface area contributed by atoms with Crippen LogP contribution in [0, 0.1) is 5.82 Å². The SMILES string of the molecule is CC(C)n1cc(Br)cc1C(=O)N(C)CCOc1ccccc1F. The molecule has 0 spiro atoms. The summed E-state index contributed by atoms with van der Waals surface area (Å²) >= 11 is 3.40. The number of carbonyl (C=O) groups excluding carboxylic acids is 1. The van der Waals surface area contributed by atoms with Gasteiger partial charge >= 0.3 is 0 Å². The minimum absolute atomic E-state index is 0.0958. The molecule has 0 unspecified atom stereocenters. The minimum atomic E-state index is -0.404. The molecule has 124 valence electrons. The van der Waals surface area contributed by atoms with Gasteiger partial charge in [-0.15, -0.1) is 0 Å². The summed E-state index contributed by atoms with van der Waals surface area (Å²) in [4.78, 5) is 14.1. The molecular formula is C17H20BrFN2O2. The molecule has 0 fully saturated rings. The first-order valence-electron chi connectivity index (χ1n) is 7.40. The van der Waals surface area contributed by atoms with Crippen LogP contribution in [0.4, 0.5) is 4.39 Å². The molecule has 0 atom stereocenters. The van der Waals surface area contributed by atoms with Gasteiger partial charge in [-0.05, 0) is 48.0 Å². The second kappa shape index (κ2) is 7.64. The molecule has 0 N–H and O–H groups in total. The van der Waals surface area contributed by atoms with Crippen molar-refractivity contribution in [3.05, 3.63) is 52.5 Å². The van der Waals surface area contributed by atoms with E-state index in [1.807, 2.05) is 24.6 Å². The van der Waals surface area contributed by atoms with E-state index < -0.39 is 5.82 Å². The maximum absolute atomic E-state index is 13.5. The number of carbonyl (C=O) groups is 1. The molecule has 23 heavy (non-hydrogen) atoms. The van der Waals surface area contributed by atoms with Crippen molar-refractivity contribution < 1.29 is 13.9 Å². The summed E-state index contributed by atoms with van der Waals surface area (Å²) in [6, 6.07) is 8.21. The van der Waals surface area contributed by atoms with Crippen LogP contribution in [0.1, 0.15) is 30.4 Å². The minimum Gasteiger partial charge on any atom is -0.489 e. The molecular weight excluding hydrogens is 363 g/mol. The number of nitrogens with zero attached hydrogens (tertiary/aromatic N) is 2. The predicted octanol–water partition coefficient (Wildman–Crippen LogP) is 4.12. The van der Waals surface area contributed by atoms with Crippen molar-refractivity contribution in [3.63, 3.8) is 0 Å². The van der Waals surface area contributed by atoms with Gasteiger partial charge < -0.3 is 14.2 Å². The van der Waals surface area contributed by atoms with Gasteiger partial charge in [0.05, 0.1) is 6.54 Å². The normalized spacial score (nSPS) is 10.9. The van der Waals surface area contributed by atoms with E-state index >= 15 is 0 Å². The molecule has 1 amide bonds. The number of hydrogen-bond donors (Lipinski definition) is 0. The second-order valence-corrected chi connectivity index (χ2v) is 6.47. The van der Waals surface area contributed by atoms with Gasteiger partial charge in [-0.25, -0.2) is 4.39 Å². The summed E-state index contributed by atoms with van der Waals surface area (Å²) < 4.78 is 21.6. The highest BCUT2D eigenvalue weighted by atomic mass is 79.9. The van der Waals surface area contributed by atoms with Crippen LogP contribution in [0.25, 0.3) is 0 Å². The number of aromatic nitrogens is 1. The number of hydrogen-bond acceptors (Lipinski definition) is 2. The first-order valence-corrected chi connectivity index (χ1v) is 8.19. The van der Waals surface area contributed by atoms with Crippen LogP contribution < -0.4 is 4.74 Å². The van der Waals surface area contributed by atoms with E-state index in [1.54, 1.807) is 36.2 Å². The quantitative estimate of drug-likeness (QED) is 0.752. The van der Waals surface area contributed by atoms with Crippen molar-refractivity contribution in [2.24, 2.45) is 0 Å². The van der Waals surface area contributed by atoms with Crippen LogP contribution >= 0.6 is 15.9 Å². The molecule has 0 bridgehead atoms.